The average Bonchev–Trinajstić information content (AvgIpc) is 3.21. The lowest BCUT2D eigenvalue weighted by atomic mass is 9.93. The number of piperidine rings is 1. The molecule has 1 aliphatic rings. The van der Waals surface area contributed by atoms with E-state index in [9.17, 15) is 5.11 Å². The van der Waals surface area contributed by atoms with Crippen LogP contribution in [-0.2, 0) is 13.1 Å². The third-order valence-corrected chi connectivity index (χ3v) is 6.21. The van der Waals surface area contributed by atoms with Crippen LogP contribution in [-0.4, -0.2) is 51.7 Å². The molecule has 0 radical (unpaired) electrons. The van der Waals surface area contributed by atoms with Crippen molar-refractivity contribution in [2.75, 3.05) is 26.3 Å². The first-order valence-corrected chi connectivity index (χ1v) is 11.8. The second-order valence-electron chi connectivity index (χ2n) is 9.03. The fraction of sp³-hybridized carbons (Fsp3) is 0.423. The summed E-state index contributed by atoms with van der Waals surface area (Å²) >= 11 is 6.24. The van der Waals surface area contributed by atoms with Gasteiger partial charge >= 0.3 is 0 Å². The average molecular weight is 470 g/mol. The Balaban J connectivity index is 1.26. The summed E-state index contributed by atoms with van der Waals surface area (Å²) in [7, 11) is 0. The van der Waals surface area contributed by atoms with Crippen molar-refractivity contribution in [3.63, 3.8) is 0 Å². The van der Waals surface area contributed by atoms with Crippen molar-refractivity contribution in [2.45, 2.75) is 45.4 Å². The molecule has 1 N–H and O–H groups in total. The molecule has 0 amide bonds. The van der Waals surface area contributed by atoms with Gasteiger partial charge in [-0.05, 0) is 74.2 Å². The van der Waals surface area contributed by atoms with E-state index in [1.54, 1.807) is 0 Å². The Morgan fingerprint density at radius 2 is 1.91 bits per heavy atom. The summed E-state index contributed by atoms with van der Waals surface area (Å²) in [4.78, 5) is 2.28. The maximum absolute atomic E-state index is 11.1. The number of β-amino-alcohol motifs (C(OH)–C–C–N with tert-alkyl or cyclic N) is 1. The van der Waals surface area contributed by atoms with E-state index in [4.69, 9.17) is 21.1 Å². The number of rotatable bonds is 9. The van der Waals surface area contributed by atoms with Crippen LogP contribution in [0.2, 0.25) is 5.02 Å². The molecule has 176 valence electrons. The molecule has 1 aromatic heterocycles. The Labute approximate surface area is 200 Å². The van der Waals surface area contributed by atoms with Gasteiger partial charge in [0.25, 0.3) is 0 Å². The highest BCUT2D eigenvalue weighted by molar-refractivity contribution is 6.32. The van der Waals surface area contributed by atoms with Crippen LogP contribution < -0.4 is 9.47 Å². The number of aryl methyl sites for hydroxylation is 2. The molecule has 0 aliphatic carbocycles. The minimum absolute atomic E-state index is 0.231. The van der Waals surface area contributed by atoms with Gasteiger partial charge in [-0.2, -0.15) is 5.10 Å². The molecule has 6 nitrogen and oxygen atoms in total. The number of halogens is 1. The molecular weight excluding hydrogens is 438 g/mol. The van der Waals surface area contributed by atoms with Crippen LogP contribution in [0.5, 0.6) is 11.5 Å². The minimum Gasteiger partial charge on any atom is -0.492 e. The van der Waals surface area contributed by atoms with Gasteiger partial charge in [-0.25, -0.2) is 0 Å². The predicted octanol–water partition coefficient (Wildman–Crippen LogP) is 4.64. The van der Waals surface area contributed by atoms with E-state index in [2.05, 4.69) is 22.1 Å². The number of nitrogens with zero attached hydrogens (tertiary/aromatic N) is 3. The highest BCUT2D eigenvalue weighted by atomic mass is 35.5. The quantitative estimate of drug-likeness (QED) is 0.494. The van der Waals surface area contributed by atoms with Crippen LogP contribution in [0, 0.1) is 13.8 Å². The van der Waals surface area contributed by atoms with Crippen LogP contribution in [0.3, 0.4) is 0 Å². The highest BCUT2D eigenvalue weighted by Gasteiger charge is 2.34. The number of aromatic nitrogens is 2. The smallest absolute Gasteiger partial charge is 0.138 e. The van der Waals surface area contributed by atoms with Crippen LogP contribution in [0.4, 0.5) is 0 Å². The molecule has 0 bridgehead atoms. The second kappa shape index (κ2) is 10.6. The normalized spacial score (nSPS) is 18.9. The van der Waals surface area contributed by atoms with Gasteiger partial charge in [0.1, 0.15) is 30.3 Å². The third kappa shape index (κ3) is 6.73. The van der Waals surface area contributed by atoms with Gasteiger partial charge in [-0.3, -0.25) is 9.58 Å². The molecule has 2 heterocycles. The number of ether oxygens (including phenoxy) is 2. The van der Waals surface area contributed by atoms with Crippen molar-refractivity contribution in [1.82, 2.24) is 14.7 Å². The number of hydrogen-bond acceptors (Lipinski definition) is 5. The van der Waals surface area contributed by atoms with Gasteiger partial charge in [0.15, 0.2) is 0 Å². The maximum Gasteiger partial charge on any atom is 0.138 e. The summed E-state index contributed by atoms with van der Waals surface area (Å²) in [6.07, 6.45) is 5.50. The van der Waals surface area contributed by atoms with Crippen LogP contribution in [0.1, 0.15) is 29.5 Å². The molecule has 1 fully saturated rings. The van der Waals surface area contributed by atoms with Gasteiger partial charge in [-0.15, -0.1) is 0 Å². The lowest BCUT2D eigenvalue weighted by Gasteiger charge is -2.39. The lowest BCUT2D eigenvalue weighted by molar-refractivity contribution is -0.0620. The maximum atomic E-state index is 11.1. The van der Waals surface area contributed by atoms with Crippen molar-refractivity contribution < 1.29 is 14.6 Å². The van der Waals surface area contributed by atoms with Gasteiger partial charge in [0.2, 0.25) is 0 Å². The topological polar surface area (TPSA) is 59.8 Å². The minimum atomic E-state index is -0.890. The van der Waals surface area contributed by atoms with E-state index in [1.807, 2.05) is 61.3 Å². The molecule has 3 aromatic rings. The summed E-state index contributed by atoms with van der Waals surface area (Å²) < 4.78 is 13.6. The first-order valence-electron chi connectivity index (χ1n) is 11.4. The number of hydrogen-bond donors (Lipinski definition) is 1. The number of aliphatic hydroxyl groups is 1. The largest absolute Gasteiger partial charge is 0.492 e. The third-order valence-electron chi connectivity index (χ3n) is 5.90. The van der Waals surface area contributed by atoms with Crippen LogP contribution >= 0.6 is 11.6 Å². The zero-order chi connectivity index (χ0) is 23.3. The van der Waals surface area contributed by atoms with E-state index in [0.717, 1.165) is 49.4 Å². The molecule has 33 heavy (non-hydrogen) atoms. The Morgan fingerprint density at radius 1 is 1.09 bits per heavy atom. The van der Waals surface area contributed by atoms with Gasteiger partial charge in [-0.1, -0.05) is 29.8 Å². The van der Waals surface area contributed by atoms with Crippen molar-refractivity contribution >= 4 is 11.6 Å². The molecule has 1 saturated heterocycles. The Morgan fingerprint density at radius 3 is 2.67 bits per heavy atom. The molecule has 0 spiro atoms. The molecular formula is C26H32ClN3O3. The molecule has 7 heteroatoms. The van der Waals surface area contributed by atoms with E-state index in [0.29, 0.717) is 23.9 Å². The summed E-state index contributed by atoms with van der Waals surface area (Å²) in [5.41, 5.74) is 2.53. The monoisotopic (exact) mass is 469 g/mol. The van der Waals surface area contributed by atoms with Crippen molar-refractivity contribution in [3.8, 4) is 11.5 Å². The van der Waals surface area contributed by atoms with Crippen molar-refractivity contribution in [2.24, 2.45) is 0 Å². The standard InChI is InChI=1S/C26H32ClN3O3/c1-20-4-9-24(27)25(14-20)33-19-26(31)10-3-11-29(18-26)17-22-5-7-23(8-6-22)32-13-12-30-16-21(2)15-28-30/h4-9,14-16,31H,3,10-13,17-19H2,1-2H3/t26-/m0/s1. The zero-order valence-electron chi connectivity index (χ0n) is 19.3. The Bertz CT molecular complexity index is 1050. The SMILES string of the molecule is Cc1ccc(Cl)c(OC[C@]2(O)CCCN(Cc3ccc(OCCn4cc(C)cn4)cc3)C2)c1. The lowest BCUT2D eigenvalue weighted by Crippen LogP contribution is -2.51. The molecule has 0 saturated carbocycles. The summed E-state index contributed by atoms with van der Waals surface area (Å²) in [5, 5.41) is 16.0. The van der Waals surface area contributed by atoms with Crippen molar-refractivity contribution in [1.29, 1.82) is 0 Å². The fourth-order valence-corrected chi connectivity index (χ4v) is 4.36. The first-order chi connectivity index (χ1) is 15.9. The zero-order valence-corrected chi connectivity index (χ0v) is 20.1. The summed E-state index contributed by atoms with van der Waals surface area (Å²) in [6, 6.07) is 13.9. The van der Waals surface area contributed by atoms with E-state index >= 15 is 0 Å². The number of likely N-dealkylation sites (tertiary alicyclic amines) is 1. The van der Waals surface area contributed by atoms with E-state index in [1.165, 1.54) is 5.56 Å². The van der Waals surface area contributed by atoms with Gasteiger partial charge in [0, 0.05) is 19.3 Å². The van der Waals surface area contributed by atoms with Crippen LogP contribution in [0.15, 0.2) is 54.9 Å². The fourth-order valence-electron chi connectivity index (χ4n) is 4.19. The molecule has 4 rings (SSSR count). The molecule has 1 atom stereocenters. The Kier molecular flexibility index (Phi) is 7.58. The van der Waals surface area contributed by atoms with E-state index < -0.39 is 5.60 Å². The van der Waals surface area contributed by atoms with Gasteiger partial charge in [0.05, 0.1) is 17.8 Å². The van der Waals surface area contributed by atoms with Crippen molar-refractivity contribution in [3.05, 3.63) is 76.6 Å². The second-order valence-corrected chi connectivity index (χ2v) is 9.44. The molecule has 0 unspecified atom stereocenters. The molecule has 1 aliphatic heterocycles. The molecule has 2 aromatic carbocycles. The van der Waals surface area contributed by atoms with Gasteiger partial charge < -0.3 is 14.6 Å². The highest BCUT2D eigenvalue weighted by Crippen LogP contribution is 2.29. The number of benzene rings is 2. The predicted molar refractivity (Wildman–Crippen MR) is 130 cm³/mol. The Hall–Kier alpha value is -2.54. The van der Waals surface area contributed by atoms with Crippen LogP contribution in [0.25, 0.3) is 0 Å². The summed E-state index contributed by atoms with van der Waals surface area (Å²) in [5.74, 6) is 1.47. The van der Waals surface area contributed by atoms with E-state index in [-0.39, 0.29) is 6.61 Å². The summed E-state index contributed by atoms with van der Waals surface area (Å²) in [6.45, 7) is 7.85. The first kappa shape index (κ1) is 23.6.